The molecule has 2 aromatic rings. The van der Waals surface area contributed by atoms with Gasteiger partial charge in [-0.05, 0) is 23.6 Å². The van der Waals surface area contributed by atoms with E-state index in [1.165, 1.54) is 0 Å². The maximum Gasteiger partial charge on any atom is 0.0966 e. The third kappa shape index (κ3) is 2.13. The van der Waals surface area contributed by atoms with Crippen LogP contribution in [0, 0.1) is 23.2 Å². The first kappa shape index (κ1) is 9.24. The maximum absolute atomic E-state index is 8.36. The van der Waals surface area contributed by atoms with Crippen molar-refractivity contribution in [2.45, 2.75) is 6.42 Å². The summed E-state index contributed by atoms with van der Waals surface area (Å²) < 4.78 is 0. The molecule has 2 nitrogen and oxygen atoms in total. The highest BCUT2D eigenvalue weighted by atomic mass is 14.6. The zero-order chi connectivity index (χ0) is 10.5. The second-order valence-electron chi connectivity index (χ2n) is 3.07. The van der Waals surface area contributed by atoms with Gasteiger partial charge in [-0.3, -0.25) is 4.98 Å². The molecule has 0 aliphatic carbocycles. The summed E-state index contributed by atoms with van der Waals surface area (Å²) >= 11 is 0. The fraction of sp³-hybridized carbons (Fsp3) is 0.0769. The fourth-order valence-corrected chi connectivity index (χ4v) is 1.35. The van der Waals surface area contributed by atoms with E-state index in [4.69, 9.17) is 5.26 Å². The molecule has 0 aliphatic rings. The Morgan fingerprint density at radius 1 is 1.20 bits per heavy atom. The normalized spacial score (nSPS) is 9.00. The van der Waals surface area contributed by atoms with E-state index in [9.17, 15) is 0 Å². The minimum Gasteiger partial charge on any atom is -0.264 e. The van der Waals surface area contributed by atoms with Crippen molar-refractivity contribution in [3.8, 4) is 17.9 Å². The van der Waals surface area contributed by atoms with Gasteiger partial charge in [0.1, 0.15) is 0 Å². The highest BCUT2D eigenvalue weighted by Gasteiger charge is 1.92. The van der Waals surface area contributed by atoms with Crippen molar-refractivity contribution >= 4 is 10.8 Å². The lowest BCUT2D eigenvalue weighted by Crippen LogP contribution is -1.78. The Balaban J connectivity index is 2.41. The van der Waals surface area contributed by atoms with Gasteiger partial charge in [0.25, 0.3) is 0 Å². The third-order valence-electron chi connectivity index (χ3n) is 2.04. The minimum atomic E-state index is 0.272. The first-order valence-electron chi connectivity index (χ1n) is 4.60. The first-order chi connectivity index (χ1) is 7.40. The molecule has 1 aromatic heterocycles. The van der Waals surface area contributed by atoms with Crippen molar-refractivity contribution in [3.05, 3.63) is 42.2 Å². The van der Waals surface area contributed by atoms with Crippen molar-refractivity contribution in [3.63, 3.8) is 0 Å². The smallest absolute Gasteiger partial charge is 0.0966 e. The lowest BCUT2D eigenvalue weighted by Gasteiger charge is -1.96. The molecule has 0 amide bonds. The molecular weight excluding hydrogens is 184 g/mol. The van der Waals surface area contributed by atoms with Gasteiger partial charge in [0, 0.05) is 23.3 Å². The zero-order valence-electron chi connectivity index (χ0n) is 8.07. The van der Waals surface area contributed by atoms with Crippen LogP contribution in [0.1, 0.15) is 12.0 Å². The highest BCUT2D eigenvalue weighted by molar-refractivity contribution is 5.82. The second-order valence-corrected chi connectivity index (χ2v) is 3.07. The van der Waals surface area contributed by atoms with Crippen LogP contribution in [0.25, 0.3) is 10.8 Å². The van der Waals surface area contributed by atoms with E-state index in [1.54, 1.807) is 6.20 Å². The van der Waals surface area contributed by atoms with Crippen LogP contribution in [-0.2, 0) is 0 Å². The molecule has 1 heterocycles. The summed E-state index contributed by atoms with van der Waals surface area (Å²) in [4.78, 5) is 4.04. The topological polar surface area (TPSA) is 36.7 Å². The highest BCUT2D eigenvalue weighted by Crippen LogP contribution is 2.13. The van der Waals surface area contributed by atoms with Crippen molar-refractivity contribution in [1.82, 2.24) is 4.98 Å². The summed E-state index contributed by atoms with van der Waals surface area (Å²) in [7, 11) is 0. The molecule has 0 atom stereocenters. The van der Waals surface area contributed by atoms with Gasteiger partial charge in [0.05, 0.1) is 12.5 Å². The Morgan fingerprint density at radius 3 is 3.00 bits per heavy atom. The third-order valence-corrected chi connectivity index (χ3v) is 2.04. The Labute approximate surface area is 88.2 Å². The van der Waals surface area contributed by atoms with Crippen molar-refractivity contribution in [2.75, 3.05) is 0 Å². The number of nitrogens with zero attached hydrogens (tertiary/aromatic N) is 2. The van der Waals surface area contributed by atoms with Crippen LogP contribution in [-0.4, -0.2) is 4.98 Å². The molecule has 0 radical (unpaired) electrons. The number of pyridine rings is 1. The van der Waals surface area contributed by atoms with Gasteiger partial charge in [-0.25, -0.2) is 0 Å². The molecule has 2 heteroatoms. The predicted octanol–water partition coefficient (Wildman–Crippen LogP) is 2.50. The number of nitriles is 1. The Bertz CT molecular complexity index is 582. The van der Waals surface area contributed by atoms with E-state index in [1.807, 2.05) is 36.5 Å². The van der Waals surface area contributed by atoms with E-state index in [2.05, 4.69) is 16.8 Å². The summed E-state index contributed by atoms with van der Waals surface area (Å²) in [5, 5.41) is 10.6. The van der Waals surface area contributed by atoms with Gasteiger partial charge >= 0.3 is 0 Å². The van der Waals surface area contributed by atoms with Crippen LogP contribution in [0.4, 0.5) is 0 Å². The number of hydrogen-bond acceptors (Lipinski definition) is 2. The SMILES string of the molecule is N#CCC#Cc1ccc2cnccc2c1. The average molecular weight is 192 g/mol. The van der Waals surface area contributed by atoms with E-state index in [0.29, 0.717) is 0 Å². The summed E-state index contributed by atoms with van der Waals surface area (Å²) in [6.45, 7) is 0. The van der Waals surface area contributed by atoms with E-state index >= 15 is 0 Å². The zero-order valence-corrected chi connectivity index (χ0v) is 8.07. The summed E-state index contributed by atoms with van der Waals surface area (Å²) in [6, 6.07) is 9.87. The van der Waals surface area contributed by atoms with Crippen molar-refractivity contribution in [1.29, 1.82) is 5.26 Å². The molecule has 2 rings (SSSR count). The molecular formula is C13H8N2. The van der Waals surface area contributed by atoms with Gasteiger partial charge in [0.2, 0.25) is 0 Å². The standard InChI is InChI=1S/C13H8N2/c14-7-2-1-3-11-4-5-13-10-15-8-6-12(13)9-11/h4-6,8-10H,2H2. The number of rotatable bonds is 0. The van der Waals surface area contributed by atoms with Gasteiger partial charge in [0.15, 0.2) is 0 Å². The second kappa shape index (κ2) is 4.26. The lowest BCUT2D eigenvalue weighted by molar-refractivity contribution is 1.36. The molecule has 0 aliphatic heterocycles. The number of aromatic nitrogens is 1. The quantitative estimate of drug-likeness (QED) is 0.601. The minimum absolute atomic E-state index is 0.272. The van der Waals surface area contributed by atoms with Crippen LogP contribution in [0.15, 0.2) is 36.7 Å². The van der Waals surface area contributed by atoms with E-state index in [-0.39, 0.29) is 6.42 Å². The van der Waals surface area contributed by atoms with E-state index < -0.39 is 0 Å². The molecule has 70 valence electrons. The maximum atomic E-state index is 8.36. The Morgan fingerprint density at radius 2 is 2.13 bits per heavy atom. The summed E-state index contributed by atoms with van der Waals surface area (Å²) in [6.07, 6.45) is 3.85. The van der Waals surface area contributed by atoms with Crippen LogP contribution in [0.5, 0.6) is 0 Å². The molecule has 0 N–H and O–H groups in total. The van der Waals surface area contributed by atoms with Gasteiger partial charge in [-0.2, -0.15) is 5.26 Å². The largest absolute Gasteiger partial charge is 0.264 e. The van der Waals surface area contributed by atoms with Crippen LogP contribution in [0.2, 0.25) is 0 Å². The predicted molar refractivity (Wildman–Crippen MR) is 58.9 cm³/mol. The number of benzene rings is 1. The molecule has 0 saturated heterocycles. The van der Waals surface area contributed by atoms with Crippen LogP contribution >= 0.6 is 0 Å². The Hall–Kier alpha value is -2.32. The van der Waals surface area contributed by atoms with E-state index in [0.717, 1.165) is 16.3 Å². The monoisotopic (exact) mass is 192 g/mol. The Kier molecular flexibility index (Phi) is 2.63. The molecule has 1 aromatic carbocycles. The molecule has 0 spiro atoms. The molecule has 0 fully saturated rings. The van der Waals surface area contributed by atoms with Crippen molar-refractivity contribution in [2.24, 2.45) is 0 Å². The number of hydrogen-bond donors (Lipinski definition) is 0. The van der Waals surface area contributed by atoms with Gasteiger partial charge in [-0.1, -0.05) is 17.9 Å². The fourth-order valence-electron chi connectivity index (χ4n) is 1.35. The van der Waals surface area contributed by atoms with Crippen LogP contribution in [0.3, 0.4) is 0 Å². The molecule has 15 heavy (non-hydrogen) atoms. The van der Waals surface area contributed by atoms with Crippen LogP contribution < -0.4 is 0 Å². The average Bonchev–Trinajstić information content (AvgIpc) is 2.29. The molecule has 0 unspecified atom stereocenters. The van der Waals surface area contributed by atoms with Gasteiger partial charge < -0.3 is 0 Å². The summed E-state index contributed by atoms with van der Waals surface area (Å²) in [5.74, 6) is 5.73. The van der Waals surface area contributed by atoms with Crippen molar-refractivity contribution < 1.29 is 0 Å². The molecule has 0 bridgehead atoms. The summed E-state index contributed by atoms with van der Waals surface area (Å²) in [5.41, 5.74) is 0.934. The molecule has 0 saturated carbocycles. The lowest BCUT2D eigenvalue weighted by atomic mass is 10.1. The van der Waals surface area contributed by atoms with Gasteiger partial charge in [-0.15, -0.1) is 0 Å². The first-order valence-corrected chi connectivity index (χ1v) is 4.60. The number of fused-ring (bicyclic) bond motifs is 1.